The molecule has 2 rings (SSSR count). The number of carbonyl (C=O) groups is 1. The number of hydrogen-bond acceptors (Lipinski definition) is 2. The Morgan fingerprint density at radius 1 is 1.32 bits per heavy atom. The molecule has 0 aliphatic rings. The van der Waals surface area contributed by atoms with E-state index in [9.17, 15) is 4.79 Å². The van der Waals surface area contributed by atoms with Crippen molar-refractivity contribution in [3.8, 4) is 17.2 Å². The fraction of sp³-hybridized carbons (Fsp3) is 0.0769. The maximum Gasteiger partial charge on any atom is 0.323 e. The monoisotopic (exact) mass is 294 g/mol. The summed E-state index contributed by atoms with van der Waals surface area (Å²) in [5.41, 5.74) is 1.52. The summed E-state index contributed by atoms with van der Waals surface area (Å²) in [6.45, 7) is -0.215. The van der Waals surface area contributed by atoms with Gasteiger partial charge in [-0.05, 0) is 18.2 Å². The van der Waals surface area contributed by atoms with E-state index in [2.05, 4.69) is 0 Å². The third-order valence-electron chi connectivity index (χ3n) is 2.54. The van der Waals surface area contributed by atoms with Crippen molar-refractivity contribution in [2.24, 2.45) is 0 Å². The van der Waals surface area contributed by atoms with Gasteiger partial charge in [-0.2, -0.15) is 5.26 Å². The molecular weight excluding hydrogens is 287 g/mol. The maximum atomic E-state index is 10.7. The van der Waals surface area contributed by atoms with Crippen LogP contribution in [0.1, 0.15) is 5.56 Å². The van der Waals surface area contributed by atoms with E-state index in [0.29, 0.717) is 26.7 Å². The molecule has 0 bridgehead atoms. The number of aromatic nitrogens is 1. The number of carboxylic acids is 1. The van der Waals surface area contributed by atoms with Crippen LogP contribution in [0.15, 0.2) is 30.6 Å². The summed E-state index contributed by atoms with van der Waals surface area (Å²) in [7, 11) is 0. The highest BCUT2D eigenvalue weighted by Crippen LogP contribution is 2.33. The minimum Gasteiger partial charge on any atom is -0.480 e. The first-order chi connectivity index (χ1) is 9.01. The van der Waals surface area contributed by atoms with Gasteiger partial charge >= 0.3 is 5.97 Å². The lowest BCUT2D eigenvalue weighted by molar-refractivity contribution is -0.137. The number of halogens is 2. The summed E-state index contributed by atoms with van der Waals surface area (Å²) in [5, 5.41) is 18.8. The normalized spacial score (nSPS) is 10.2. The van der Waals surface area contributed by atoms with Crippen molar-refractivity contribution in [1.29, 1.82) is 5.26 Å². The largest absolute Gasteiger partial charge is 0.480 e. The van der Waals surface area contributed by atoms with Crippen molar-refractivity contribution in [3.05, 3.63) is 46.2 Å². The highest BCUT2D eigenvalue weighted by Gasteiger charge is 2.13. The Bertz CT molecular complexity index is 686. The van der Waals surface area contributed by atoms with E-state index in [0.717, 1.165) is 0 Å². The number of hydrogen-bond donors (Lipinski definition) is 1. The van der Waals surface area contributed by atoms with Gasteiger partial charge in [0.25, 0.3) is 0 Å². The van der Waals surface area contributed by atoms with Gasteiger partial charge in [0.05, 0.1) is 5.56 Å². The molecule has 1 aromatic heterocycles. The number of nitrogens with zero attached hydrogens (tertiary/aromatic N) is 2. The molecule has 0 amide bonds. The molecule has 6 heteroatoms. The van der Waals surface area contributed by atoms with Gasteiger partial charge in [0, 0.05) is 33.6 Å². The summed E-state index contributed by atoms with van der Waals surface area (Å²) in [4.78, 5) is 10.7. The standard InChI is InChI=1S/C13H8Cl2N2O2/c14-9-1-2-12(15)10(3-9)11-6-17(7-13(18)19)5-8(11)4-16/h1-3,5-6H,7H2,(H,18,19). The zero-order valence-corrected chi connectivity index (χ0v) is 11.1. The van der Waals surface area contributed by atoms with Crippen molar-refractivity contribution >= 4 is 29.2 Å². The van der Waals surface area contributed by atoms with Gasteiger partial charge in [-0.3, -0.25) is 4.79 Å². The molecule has 0 radical (unpaired) electrons. The van der Waals surface area contributed by atoms with E-state index < -0.39 is 5.97 Å². The third-order valence-corrected chi connectivity index (χ3v) is 3.10. The molecule has 0 saturated carbocycles. The van der Waals surface area contributed by atoms with E-state index in [1.54, 1.807) is 24.4 Å². The maximum absolute atomic E-state index is 10.7. The molecule has 1 N–H and O–H groups in total. The zero-order chi connectivity index (χ0) is 14.0. The smallest absolute Gasteiger partial charge is 0.323 e. The Labute approximate surface area is 119 Å². The summed E-state index contributed by atoms with van der Waals surface area (Å²) >= 11 is 12.0. The molecule has 19 heavy (non-hydrogen) atoms. The number of rotatable bonds is 3. The van der Waals surface area contributed by atoms with Gasteiger partial charge in [0.15, 0.2) is 0 Å². The van der Waals surface area contributed by atoms with Crippen LogP contribution in [0.2, 0.25) is 10.0 Å². The molecule has 1 aromatic carbocycles. The first-order valence-corrected chi connectivity index (χ1v) is 6.04. The van der Waals surface area contributed by atoms with Crippen LogP contribution in [-0.2, 0) is 11.3 Å². The topological polar surface area (TPSA) is 66.0 Å². The number of benzene rings is 1. The highest BCUT2D eigenvalue weighted by molar-refractivity contribution is 6.35. The summed E-state index contributed by atoms with van der Waals surface area (Å²) in [5.74, 6) is -0.983. The minimum absolute atomic E-state index is 0.215. The second-order valence-electron chi connectivity index (χ2n) is 3.89. The molecule has 0 spiro atoms. The zero-order valence-electron chi connectivity index (χ0n) is 9.60. The van der Waals surface area contributed by atoms with Gasteiger partial charge in [-0.15, -0.1) is 0 Å². The molecule has 0 atom stereocenters. The van der Waals surface area contributed by atoms with Crippen LogP contribution >= 0.6 is 23.2 Å². The van der Waals surface area contributed by atoms with Gasteiger partial charge in [-0.1, -0.05) is 23.2 Å². The van der Waals surface area contributed by atoms with Crippen molar-refractivity contribution in [3.63, 3.8) is 0 Å². The Balaban J connectivity index is 2.55. The van der Waals surface area contributed by atoms with E-state index in [4.69, 9.17) is 33.6 Å². The Kier molecular flexibility index (Phi) is 3.79. The van der Waals surface area contributed by atoms with Crippen molar-refractivity contribution in [2.45, 2.75) is 6.54 Å². The first kappa shape index (κ1) is 13.5. The van der Waals surface area contributed by atoms with E-state index >= 15 is 0 Å². The predicted molar refractivity (Wildman–Crippen MR) is 72.2 cm³/mol. The van der Waals surface area contributed by atoms with Crippen LogP contribution in [0.25, 0.3) is 11.1 Å². The molecule has 0 fully saturated rings. The van der Waals surface area contributed by atoms with Gasteiger partial charge in [-0.25, -0.2) is 0 Å². The number of aliphatic carboxylic acids is 1. The van der Waals surface area contributed by atoms with Crippen LogP contribution < -0.4 is 0 Å². The predicted octanol–water partition coefficient (Wildman–Crippen LogP) is 3.42. The van der Waals surface area contributed by atoms with Crippen molar-refractivity contribution < 1.29 is 9.90 Å². The Hall–Kier alpha value is -1.96. The van der Waals surface area contributed by atoms with Crippen LogP contribution in [0.3, 0.4) is 0 Å². The molecule has 0 aliphatic heterocycles. The minimum atomic E-state index is -0.983. The first-order valence-electron chi connectivity index (χ1n) is 5.28. The lowest BCUT2D eigenvalue weighted by Crippen LogP contribution is -2.06. The molecule has 2 aromatic rings. The number of carboxylic acid groups (broad SMARTS) is 1. The van der Waals surface area contributed by atoms with Gasteiger partial charge < -0.3 is 9.67 Å². The molecule has 0 saturated heterocycles. The van der Waals surface area contributed by atoms with Gasteiger partial charge in [0.2, 0.25) is 0 Å². The summed E-state index contributed by atoms with van der Waals surface area (Å²) in [6.07, 6.45) is 3.05. The second-order valence-corrected chi connectivity index (χ2v) is 4.73. The molecule has 96 valence electrons. The second kappa shape index (κ2) is 5.35. The van der Waals surface area contributed by atoms with Crippen LogP contribution in [0.4, 0.5) is 0 Å². The van der Waals surface area contributed by atoms with Crippen LogP contribution in [0, 0.1) is 11.3 Å². The average Bonchev–Trinajstić information content (AvgIpc) is 2.74. The van der Waals surface area contributed by atoms with Crippen LogP contribution in [-0.4, -0.2) is 15.6 Å². The van der Waals surface area contributed by atoms with Crippen molar-refractivity contribution in [1.82, 2.24) is 4.57 Å². The third kappa shape index (κ3) is 2.90. The fourth-order valence-electron chi connectivity index (χ4n) is 1.76. The summed E-state index contributed by atoms with van der Waals surface area (Å²) in [6, 6.07) is 6.94. The lowest BCUT2D eigenvalue weighted by Gasteiger charge is -2.03. The van der Waals surface area contributed by atoms with E-state index in [-0.39, 0.29) is 6.54 Å². The quantitative estimate of drug-likeness (QED) is 0.943. The Morgan fingerprint density at radius 3 is 2.68 bits per heavy atom. The van der Waals surface area contributed by atoms with Crippen molar-refractivity contribution in [2.75, 3.05) is 0 Å². The van der Waals surface area contributed by atoms with Crippen LogP contribution in [0.5, 0.6) is 0 Å². The lowest BCUT2D eigenvalue weighted by atomic mass is 10.1. The molecule has 0 aliphatic carbocycles. The fourth-order valence-corrected chi connectivity index (χ4v) is 2.15. The van der Waals surface area contributed by atoms with E-state index in [1.807, 2.05) is 6.07 Å². The molecular formula is C13H8Cl2N2O2. The highest BCUT2D eigenvalue weighted by atomic mass is 35.5. The van der Waals surface area contributed by atoms with Gasteiger partial charge in [0.1, 0.15) is 12.6 Å². The molecule has 1 heterocycles. The SMILES string of the molecule is N#Cc1cn(CC(=O)O)cc1-c1cc(Cl)ccc1Cl. The number of nitriles is 1. The van der Waals surface area contributed by atoms with E-state index in [1.165, 1.54) is 10.8 Å². The summed E-state index contributed by atoms with van der Waals surface area (Å²) < 4.78 is 1.42. The molecule has 0 unspecified atom stereocenters. The Morgan fingerprint density at radius 2 is 2.05 bits per heavy atom. The molecule has 4 nitrogen and oxygen atoms in total. The average molecular weight is 295 g/mol.